The Kier molecular flexibility index (Phi) is 6.27. The van der Waals surface area contributed by atoms with Crippen molar-refractivity contribution < 1.29 is 4.74 Å². The van der Waals surface area contributed by atoms with E-state index in [1.165, 1.54) is 16.7 Å². The molecule has 1 N–H and O–H groups in total. The van der Waals surface area contributed by atoms with Crippen LogP contribution in [-0.2, 0) is 13.2 Å². The third-order valence-electron chi connectivity index (χ3n) is 3.41. The molecule has 3 heteroatoms. The van der Waals surface area contributed by atoms with E-state index in [-0.39, 0.29) is 0 Å². The van der Waals surface area contributed by atoms with Gasteiger partial charge in [-0.25, -0.2) is 0 Å². The molecule has 0 aliphatic carbocycles. The molecule has 2 aromatic carbocycles. The van der Waals surface area contributed by atoms with Crippen LogP contribution in [0.25, 0.3) is 0 Å². The second-order valence-electron chi connectivity index (χ2n) is 5.14. The Morgan fingerprint density at radius 3 is 2.67 bits per heavy atom. The highest BCUT2D eigenvalue weighted by Crippen LogP contribution is 2.24. The summed E-state index contributed by atoms with van der Waals surface area (Å²) in [5.74, 6) is 0.949. The van der Waals surface area contributed by atoms with Crippen molar-refractivity contribution in [3.05, 3.63) is 63.6 Å². The van der Waals surface area contributed by atoms with Crippen molar-refractivity contribution in [1.82, 2.24) is 5.32 Å². The first-order chi connectivity index (χ1) is 10.2. The molecule has 2 rings (SSSR count). The zero-order valence-electron chi connectivity index (χ0n) is 12.7. The molecule has 0 saturated heterocycles. The molecule has 0 spiro atoms. The van der Waals surface area contributed by atoms with Crippen LogP contribution in [0.1, 0.15) is 30.0 Å². The maximum Gasteiger partial charge on any atom is 0.124 e. The van der Waals surface area contributed by atoms with Crippen LogP contribution >= 0.6 is 15.9 Å². The molecular weight excluding hydrogens is 326 g/mol. The van der Waals surface area contributed by atoms with Crippen molar-refractivity contribution in [2.45, 2.75) is 33.4 Å². The fourth-order valence-electron chi connectivity index (χ4n) is 2.15. The molecule has 0 bridgehead atoms. The lowest BCUT2D eigenvalue weighted by Crippen LogP contribution is -2.14. The van der Waals surface area contributed by atoms with Crippen molar-refractivity contribution >= 4 is 15.9 Å². The van der Waals surface area contributed by atoms with Gasteiger partial charge in [0.2, 0.25) is 0 Å². The second-order valence-corrected chi connectivity index (χ2v) is 6.06. The van der Waals surface area contributed by atoms with Crippen molar-refractivity contribution in [2.24, 2.45) is 0 Å². The number of rotatable bonds is 7. The summed E-state index contributed by atoms with van der Waals surface area (Å²) in [6, 6.07) is 14.5. The van der Waals surface area contributed by atoms with Crippen molar-refractivity contribution in [3.63, 3.8) is 0 Å². The van der Waals surface area contributed by atoms with Gasteiger partial charge in [-0.1, -0.05) is 47.1 Å². The highest BCUT2D eigenvalue weighted by molar-refractivity contribution is 9.10. The van der Waals surface area contributed by atoms with Gasteiger partial charge in [-0.2, -0.15) is 0 Å². The fraction of sp³-hybridized carbons (Fsp3) is 0.333. The van der Waals surface area contributed by atoms with Gasteiger partial charge in [-0.15, -0.1) is 0 Å². The number of benzene rings is 2. The minimum absolute atomic E-state index is 0.606. The van der Waals surface area contributed by atoms with E-state index in [2.05, 4.69) is 65.4 Å². The van der Waals surface area contributed by atoms with Gasteiger partial charge in [-0.3, -0.25) is 0 Å². The van der Waals surface area contributed by atoms with Crippen LogP contribution in [-0.4, -0.2) is 6.54 Å². The molecule has 2 nitrogen and oxygen atoms in total. The first-order valence-corrected chi connectivity index (χ1v) is 8.16. The Bertz CT molecular complexity index is 583. The molecule has 21 heavy (non-hydrogen) atoms. The Morgan fingerprint density at radius 1 is 1.10 bits per heavy atom. The van der Waals surface area contributed by atoms with Crippen LogP contribution in [0.2, 0.25) is 0 Å². The summed E-state index contributed by atoms with van der Waals surface area (Å²) in [5.41, 5.74) is 3.68. The smallest absolute Gasteiger partial charge is 0.124 e. The van der Waals surface area contributed by atoms with E-state index in [1.807, 2.05) is 12.1 Å². The van der Waals surface area contributed by atoms with Gasteiger partial charge in [0.25, 0.3) is 0 Å². The predicted molar refractivity (Wildman–Crippen MR) is 91.7 cm³/mol. The van der Waals surface area contributed by atoms with Gasteiger partial charge in [0, 0.05) is 16.6 Å². The standard InChI is InChI=1S/C18H22BrNO/c1-3-10-20-12-16-11-17(19)8-9-18(16)21-13-15-7-5-4-6-14(15)2/h4-9,11,20H,3,10,12-13H2,1-2H3. The van der Waals surface area contributed by atoms with Crippen LogP contribution in [0.3, 0.4) is 0 Å². The van der Waals surface area contributed by atoms with Crippen LogP contribution in [0.5, 0.6) is 5.75 Å². The average molecular weight is 348 g/mol. The van der Waals surface area contributed by atoms with Crippen molar-refractivity contribution in [1.29, 1.82) is 0 Å². The lowest BCUT2D eigenvalue weighted by atomic mass is 10.1. The number of ether oxygens (including phenoxy) is 1. The molecule has 0 unspecified atom stereocenters. The molecule has 0 amide bonds. The highest BCUT2D eigenvalue weighted by Gasteiger charge is 2.06. The minimum Gasteiger partial charge on any atom is -0.489 e. The van der Waals surface area contributed by atoms with Gasteiger partial charge in [0.15, 0.2) is 0 Å². The summed E-state index contributed by atoms with van der Waals surface area (Å²) in [4.78, 5) is 0. The normalized spacial score (nSPS) is 10.6. The fourth-order valence-corrected chi connectivity index (χ4v) is 2.56. The number of hydrogen-bond acceptors (Lipinski definition) is 2. The van der Waals surface area contributed by atoms with Gasteiger partial charge in [-0.05, 0) is 49.2 Å². The molecule has 0 aliphatic rings. The van der Waals surface area contributed by atoms with E-state index >= 15 is 0 Å². The summed E-state index contributed by atoms with van der Waals surface area (Å²) < 4.78 is 7.11. The molecular formula is C18H22BrNO. The lowest BCUT2D eigenvalue weighted by Gasteiger charge is -2.14. The zero-order chi connectivity index (χ0) is 15.1. The summed E-state index contributed by atoms with van der Waals surface area (Å²) >= 11 is 3.53. The lowest BCUT2D eigenvalue weighted by molar-refractivity contribution is 0.301. The zero-order valence-corrected chi connectivity index (χ0v) is 14.2. The summed E-state index contributed by atoms with van der Waals surface area (Å²) in [5, 5.41) is 3.43. The topological polar surface area (TPSA) is 21.3 Å². The van der Waals surface area contributed by atoms with Gasteiger partial charge in [0.05, 0.1) is 0 Å². The Balaban J connectivity index is 2.06. The van der Waals surface area contributed by atoms with E-state index in [0.717, 1.165) is 29.7 Å². The molecule has 0 aliphatic heterocycles. The minimum atomic E-state index is 0.606. The molecule has 0 aromatic heterocycles. The second kappa shape index (κ2) is 8.20. The molecule has 2 aromatic rings. The van der Waals surface area contributed by atoms with Gasteiger partial charge in [0.1, 0.15) is 12.4 Å². The summed E-state index contributed by atoms with van der Waals surface area (Å²) in [6.45, 7) is 6.74. The molecule has 0 fully saturated rings. The Labute approximate surface area is 135 Å². The van der Waals surface area contributed by atoms with Crippen LogP contribution in [0, 0.1) is 6.92 Å². The van der Waals surface area contributed by atoms with E-state index in [4.69, 9.17) is 4.74 Å². The summed E-state index contributed by atoms with van der Waals surface area (Å²) in [6.07, 6.45) is 1.13. The first-order valence-electron chi connectivity index (χ1n) is 7.37. The van der Waals surface area contributed by atoms with Crippen LogP contribution < -0.4 is 10.1 Å². The van der Waals surface area contributed by atoms with Crippen LogP contribution in [0.4, 0.5) is 0 Å². The van der Waals surface area contributed by atoms with E-state index in [1.54, 1.807) is 0 Å². The predicted octanol–water partition coefficient (Wildman–Crippen LogP) is 4.84. The van der Waals surface area contributed by atoms with Crippen molar-refractivity contribution in [2.75, 3.05) is 6.54 Å². The maximum atomic E-state index is 6.03. The Hall–Kier alpha value is -1.32. The monoisotopic (exact) mass is 347 g/mol. The van der Waals surface area contributed by atoms with E-state index in [9.17, 15) is 0 Å². The quantitative estimate of drug-likeness (QED) is 0.723. The van der Waals surface area contributed by atoms with Gasteiger partial charge >= 0.3 is 0 Å². The maximum absolute atomic E-state index is 6.03. The number of nitrogens with one attached hydrogen (secondary N) is 1. The van der Waals surface area contributed by atoms with E-state index in [0.29, 0.717) is 6.61 Å². The van der Waals surface area contributed by atoms with Crippen molar-refractivity contribution in [3.8, 4) is 5.75 Å². The summed E-state index contributed by atoms with van der Waals surface area (Å²) in [7, 11) is 0. The molecule has 0 saturated carbocycles. The molecule has 0 atom stereocenters. The Morgan fingerprint density at radius 2 is 1.90 bits per heavy atom. The largest absolute Gasteiger partial charge is 0.489 e. The molecule has 0 radical (unpaired) electrons. The molecule has 0 heterocycles. The highest BCUT2D eigenvalue weighted by atomic mass is 79.9. The third-order valence-corrected chi connectivity index (χ3v) is 3.90. The van der Waals surface area contributed by atoms with E-state index < -0.39 is 0 Å². The van der Waals surface area contributed by atoms with Gasteiger partial charge < -0.3 is 10.1 Å². The number of halogens is 1. The first kappa shape index (κ1) is 16.1. The average Bonchev–Trinajstić information content (AvgIpc) is 2.48. The van der Waals surface area contributed by atoms with Crippen LogP contribution in [0.15, 0.2) is 46.9 Å². The number of hydrogen-bond donors (Lipinski definition) is 1. The third kappa shape index (κ3) is 4.87. The number of aryl methyl sites for hydroxylation is 1. The molecule has 112 valence electrons. The SMILES string of the molecule is CCCNCc1cc(Br)ccc1OCc1ccccc1C.